The lowest BCUT2D eigenvalue weighted by molar-refractivity contribution is 0.186. The van der Waals surface area contributed by atoms with Gasteiger partial charge in [0.25, 0.3) is 4.84 Å². The van der Waals surface area contributed by atoms with Crippen molar-refractivity contribution >= 4 is 12.2 Å². The molecule has 0 N–H and O–H groups in total. The molecule has 2 aromatic rings. The highest BCUT2D eigenvalue weighted by Gasteiger charge is 2.15. The van der Waals surface area contributed by atoms with E-state index in [1.54, 1.807) is 18.9 Å². The van der Waals surface area contributed by atoms with Crippen LogP contribution in [0.2, 0.25) is 0 Å². The van der Waals surface area contributed by atoms with E-state index < -0.39 is 0 Å². The molecule has 0 bridgehead atoms. The Labute approximate surface area is 153 Å². The molecule has 0 amide bonds. The van der Waals surface area contributed by atoms with E-state index in [0.717, 1.165) is 18.7 Å². The van der Waals surface area contributed by atoms with E-state index in [1.165, 1.54) is 32.1 Å². The molecule has 1 aliphatic heterocycles. The van der Waals surface area contributed by atoms with Crippen LogP contribution in [0.15, 0.2) is 22.6 Å². The molecule has 7 heteroatoms. The maximum atomic E-state index is 5.71. The molecule has 25 heavy (non-hydrogen) atoms. The summed E-state index contributed by atoms with van der Waals surface area (Å²) in [6.07, 6.45) is 6.41. The van der Waals surface area contributed by atoms with E-state index in [2.05, 4.69) is 10.00 Å². The largest absolute Gasteiger partial charge is 0.493 e. The van der Waals surface area contributed by atoms with Gasteiger partial charge in [-0.15, -0.1) is 5.10 Å². The van der Waals surface area contributed by atoms with Crippen LogP contribution in [-0.4, -0.2) is 42.0 Å². The molecule has 1 aliphatic rings. The van der Waals surface area contributed by atoms with Crippen LogP contribution in [0.1, 0.15) is 32.1 Å². The first kappa shape index (κ1) is 17.9. The molecule has 1 fully saturated rings. The molecule has 1 aromatic heterocycles. The normalized spacial score (nSPS) is 16.2. The van der Waals surface area contributed by atoms with Gasteiger partial charge in [0.1, 0.15) is 0 Å². The number of hydrogen-bond acceptors (Lipinski definition) is 6. The summed E-state index contributed by atoms with van der Waals surface area (Å²) in [5, 5.41) is 4.57. The minimum Gasteiger partial charge on any atom is -0.493 e. The second-order valence-corrected chi connectivity index (χ2v) is 6.62. The second-order valence-electron chi connectivity index (χ2n) is 6.27. The first-order chi connectivity index (χ1) is 12.2. The van der Waals surface area contributed by atoms with Gasteiger partial charge in [-0.3, -0.25) is 4.90 Å². The van der Waals surface area contributed by atoms with Crippen molar-refractivity contribution in [2.45, 2.75) is 38.8 Å². The summed E-state index contributed by atoms with van der Waals surface area (Å²) >= 11 is 5.36. The van der Waals surface area contributed by atoms with Crippen molar-refractivity contribution in [2.24, 2.45) is 0 Å². The summed E-state index contributed by atoms with van der Waals surface area (Å²) in [6, 6.07) is 5.58. The fourth-order valence-electron chi connectivity index (χ4n) is 3.13. The molecular weight excluding hydrogens is 338 g/mol. The van der Waals surface area contributed by atoms with Gasteiger partial charge in [-0.1, -0.05) is 19.3 Å². The Morgan fingerprint density at radius 1 is 1.04 bits per heavy atom. The molecule has 1 aromatic carbocycles. The van der Waals surface area contributed by atoms with Crippen molar-refractivity contribution in [3.63, 3.8) is 0 Å². The number of likely N-dealkylation sites (tertiary alicyclic amines) is 1. The molecule has 0 aliphatic carbocycles. The van der Waals surface area contributed by atoms with Gasteiger partial charge in [-0.2, -0.15) is 0 Å². The first-order valence-electron chi connectivity index (χ1n) is 8.74. The third-order valence-corrected chi connectivity index (χ3v) is 4.81. The van der Waals surface area contributed by atoms with Gasteiger partial charge in [0.05, 0.1) is 20.9 Å². The molecule has 3 rings (SSSR count). The van der Waals surface area contributed by atoms with Gasteiger partial charge in [0.15, 0.2) is 11.5 Å². The molecule has 0 radical (unpaired) electrons. The zero-order valence-electron chi connectivity index (χ0n) is 14.9. The number of benzene rings is 1. The fourth-order valence-corrected chi connectivity index (χ4v) is 3.30. The van der Waals surface area contributed by atoms with Crippen LogP contribution < -0.4 is 9.47 Å². The fraction of sp³-hybridized carbons (Fsp3) is 0.556. The van der Waals surface area contributed by atoms with Crippen molar-refractivity contribution < 1.29 is 13.9 Å². The van der Waals surface area contributed by atoms with Gasteiger partial charge in [0.2, 0.25) is 5.89 Å². The topological polar surface area (TPSA) is 52.7 Å². The van der Waals surface area contributed by atoms with Gasteiger partial charge >= 0.3 is 0 Å². The van der Waals surface area contributed by atoms with Crippen molar-refractivity contribution in [3.05, 3.63) is 23.0 Å². The summed E-state index contributed by atoms with van der Waals surface area (Å²) in [7, 11) is 3.22. The lowest BCUT2D eigenvalue weighted by Crippen LogP contribution is -2.30. The number of aromatic nitrogens is 2. The quantitative estimate of drug-likeness (QED) is 0.745. The van der Waals surface area contributed by atoms with Crippen LogP contribution in [0.4, 0.5) is 0 Å². The van der Waals surface area contributed by atoms with Gasteiger partial charge in [-0.05, 0) is 56.3 Å². The molecule has 6 nitrogen and oxygen atoms in total. The summed E-state index contributed by atoms with van der Waals surface area (Å²) in [4.78, 5) is 2.79. The van der Waals surface area contributed by atoms with Crippen LogP contribution in [0.3, 0.4) is 0 Å². The third-order valence-electron chi connectivity index (χ3n) is 4.52. The summed E-state index contributed by atoms with van der Waals surface area (Å²) in [6.45, 7) is 2.84. The number of rotatable bonds is 5. The standard InChI is InChI=1S/C18H25N3O3S/c1-22-15-9-8-14(12-16(15)23-2)17-19-21(18(25)24-17)13-20-10-6-4-3-5-7-11-20/h8-9,12H,3-7,10-11,13H2,1-2H3. The average molecular weight is 363 g/mol. The van der Waals surface area contributed by atoms with Crippen LogP contribution >= 0.6 is 12.2 Å². The van der Waals surface area contributed by atoms with E-state index >= 15 is 0 Å². The van der Waals surface area contributed by atoms with Gasteiger partial charge < -0.3 is 13.9 Å². The molecule has 0 saturated carbocycles. The van der Waals surface area contributed by atoms with Crippen molar-refractivity contribution in [1.29, 1.82) is 0 Å². The average Bonchev–Trinajstić information content (AvgIpc) is 2.97. The summed E-state index contributed by atoms with van der Waals surface area (Å²) in [5.41, 5.74) is 0.815. The maximum absolute atomic E-state index is 5.71. The van der Waals surface area contributed by atoms with E-state index in [9.17, 15) is 0 Å². The molecule has 0 unspecified atom stereocenters. The molecule has 2 heterocycles. The number of ether oxygens (including phenoxy) is 2. The van der Waals surface area contributed by atoms with Crippen LogP contribution in [0.5, 0.6) is 11.5 Å². The molecule has 136 valence electrons. The Hall–Kier alpha value is -1.86. The predicted octanol–water partition coefficient (Wildman–Crippen LogP) is 4.11. The zero-order valence-corrected chi connectivity index (χ0v) is 15.7. The third kappa shape index (κ3) is 4.41. The Kier molecular flexibility index (Phi) is 6.09. The Morgan fingerprint density at radius 3 is 2.40 bits per heavy atom. The Morgan fingerprint density at radius 2 is 1.72 bits per heavy atom. The van der Waals surface area contributed by atoms with Crippen molar-refractivity contribution in [3.8, 4) is 23.0 Å². The lowest BCUT2D eigenvalue weighted by atomic mass is 10.1. The van der Waals surface area contributed by atoms with Crippen LogP contribution in [0, 0.1) is 4.84 Å². The van der Waals surface area contributed by atoms with E-state index in [1.807, 2.05) is 18.2 Å². The highest BCUT2D eigenvalue weighted by Crippen LogP contribution is 2.31. The van der Waals surface area contributed by atoms with E-state index in [0.29, 0.717) is 28.9 Å². The highest BCUT2D eigenvalue weighted by molar-refractivity contribution is 7.71. The Bertz CT molecular complexity index is 748. The minimum absolute atomic E-state index is 0.395. The van der Waals surface area contributed by atoms with Gasteiger partial charge in [-0.25, -0.2) is 4.68 Å². The van der Waals surface area contributed by atoms with Gasteiger partial charge in [0, 0.05) is 5.56 Å². The Balaban J connectivity index is 1.79. The number of hydrogen-bond donors (Lipinski definition) is 0. The molecule has 1 saturated heterocycles. The van der Waals surface area contributed by atoms with E-state index in [-0.39, 0.29) is 0 Å². The lowest BCUT2D eigenvalue weighted by Gasteiger charge is -2.23. The molecule has 0 atom stereocenters. The summed E-state index contributed by atoms with van der Waals surface area (Å²) in [5.74, 6) is 1.81. The van der Waals surface area contributed by atoms with Crippen molar-refractivity contribution in [2.75, 3.05) is 27.3 Å². The highest BCUT2D eigenvalue weighted by atomic mass is 32.1. The van der Waals surface area contributed by atoms with Crippen LogP contribution in [-0.2, 0) is 6.67 Å². The first-order valence-corrected chi connectivity index (χ1v) is 9.15. The maximum Gasteiger partial charge on any atom is 0.288 e. The van der Waals surface area contributed by atoms with Crippen LogP contribution in [0.25, 0.3) is 11.5 Å². The smallest absolute Gasteiger partial charge is 0.288 e. The van der Waals surface area contributed by atoms with Crippen molar-refractivity contribution in [1.82, 2.24) is 14.7 Å². The monoisotopic (exact) mass is 363 g/mol. The SMILES string of the molecule is COc1ccc(-c2nn(CN3CCCCCCC3)c(=S)o2)cc1OC. The second kappa shape index (κ2) is 8.49. The number of nitrogens with zero attached hydrogens (tertiary/aromatic N) is 3. The zero-order chi connectivity index (χ0) is 17.6. The number of methoxy groups -OCH3 is 2. The minimum atomic E-state index is 0.395. The predicted molar refractivity (Wildman–Crippen MR) is 98.5 cm³/mol. The molecular formula is C18H25N3O3S. The van der Waals surface area contributed by atoms with E-state index in [4.69, 9.17) is 26.1 Å². The molecule has 0 spiro atoms. The summed E-state index contributed by atoms with van der Waals surface area (Å²) < 4.78 is 18.1.